The standard InChI is InChI=1S/C11H16N2.ClH/c1-2-6-13-11(3-1)9-10-4-7-12-8-5-10;/h4-5,7-8,11,13H,1-3,6,9H2;1H. The Bertz CT molecular complexity index is 245. The van der Waals surface area contributed by atoms with Gasteiger partial charge in [-0.15, -0.1) is 12.4 Å². The maximum absolute atomic E-state index is 4.02. The summed E-state index contributed by atoms with van der Waals surface area (Å²) in [4.78, 5) is 4.02. The number of nitrogens with zero attached hydrogens (tertiary/aromatic N) is 1. The molecule has 1 fully saturated rings. The van der Waals surface area contributed by atoms with Gasteiger partial charge in [0.1, 0.15) is 0 Å². The van der Waals surface area contributed by atoms with E-state index in [4.69, 9.17) is 0 Å². The summed E-state index contributed by atoms with van der Waals surface area (Å²) in [5.41, 5.74) is 1.40. The molecule has 78 valence electrons. The Balaban J connectivity index is 0.000000980. The fourth-order valence-corrected chi connectivity index (χ4v) is 1.90. The third-order valence-corrected chi connectivity index (χ3v) is 2.64. The van der Waals surface area contributed by atoms with E-state index in [9.17, 15) is 0 Å². The number of rotatable bonds is 2. The van der Waals surface area contributed by atoms with E-state index in [-0.39, 0.29) is 12.4 Å². The predicted octanol–water partition coefficient (Wildman–Crippen LogP) is 2.19. The summed E-state index contributed by atoms with van der Waals surface area (Å²) in [7, 11) is 0. The summed E-state index contributed by atoms with van der Waals surface area (Å²) < 4.78 is 0. The average molecular weight is 213 g/mol. The Morgan fingerprint density at radius 2 is 2.07 bits per heavy atom. The van der Waals surface area contributed by atoms with E-state index in [1.165, 1.54) is 31.4 Å². The molecular formula is C11H17ClN2. The smallest absolute Gasteiger partial charge is 0.0270 e. The van der Waals surface area contributed by atoms with Crippen molar-refractivity contribution in [1.82, 2.24) is 10.3 Å². The predicted molar refractivity (Wildman–Crippen MR) is 60.8 cm³/mol. The molecule has 2 nitrogen and oxygen atoms in total. The van der Waals surface area contributed by atoms with Gasteiger partial charge < -0.3 is 5.32 Å². The highest BCUT2D eigenvalue weighted by Crippen LogP contribution is 2.11. The van der Waals surface area contributed by atoms with Crippen molar-refractivity contribution < 1.29 is 0 Å². The van der Waals surface area contributed by atoms with Gasteiger partial charge in [0, 0.05) is 18.4 Å². The van der Waals surface area contributed by atoms with Crippen molar-refractivity contribution in [3.63, 3.8) is 0 Å². The minimum atomic E-state index is 0. The zero-order valence-electron chi connectivity index (χ0n) is 8.28. The van der Waals surface area contributed by atoms with E-state index in [2.05, 4.69) is 22.4 Å². The molecule has 2 rings (SSSR count). The van der Waals surface area contributed by atoms with Gasteiger partial charge in [0.15, 0.2) is 0 Å². The molecule has 1 aromatic heterocycles. The molecule has 1 saturated heterocycles. The first kappa shape index (κ1) is 11.5. The lowest BCUT2D eigenvalue weighted by Gasteiger charge is -2.23. The zero-order valence-corrected chi connectivity index (χ0v) is 9.09. The topological polar surface area (TPSA) is 24.9 Å². The maximum Gasteiger partial charge on any atom is 0.0270 e. The molecule has 0 saturated carbocycles. The summed E-state index contributed by atoms with van der Waals surface area (Å²) in [6.07, 6.45) is 8.94. The Morgan fingerprint density at radius 1 is 1.29 bits per heavy atom. The van der Waals surface area contributed by atoms with Crippen LogP contribution in [-0.2, 0) is 6.42 Å². The van der Waals surface area contributed by atoms with Crippen LogP contribution in [0.5, 0.6) is 0 Å². The van der Waals surface area contributed by atoms with Gasteiger partial charge in [0.05, 0.1) is 0 Å². The van der Waals surface area contributed by atoms with Crippen LogP contribution < -0.4 is 5.32 Å². The normalized spacial score (nSPS) is 21.3. The Hall–Kier alpha value is -0.600. The Morgan fingerprint density at radius 3 is 2.71 bits per heavy atom. The lowest BCUT2D eigenvalue weighted by atomic mass is 9.98. The molecular weight excluding hydrogens is 196 g/mol. The second kappa shape index (κ2) is 5.99. The summed E-state index contributed by atoms with van der Waals surface area (Å²) in [5.74, 6) is 0. The number of pyridine rings is 1. The number of aromatic nitrogens is 1. The largest absolute Gasteiger partial charge is 0.314 e. The van der Waals surface area contributed by atoms with Crippen molar-refractivity contribution in [2.24, 2.45) is 0 Å². The number of nitrogens with one attached hydrogen (secondary N) is 1. The molecule has 1 aromatic rings. The minimum absolute atomic E-state index is 0. The molecule has 3 heteroatoms. The molecule has 14 heavy (non-hydrogen) atoms. The molecule has 1 aliphatic rings. The lowest BCUT2D eigenvalue weighted by molar-refractivity contribution is 0.399. The van der Waals surface area contributed by atoms with E-state index in [1.807, 2.05) is 12.4 Å². The van der Waals surface area contributed by atoms with Crippen LogP contribution in [0.3, 0.4) is 0 Å². The van der Waals surface area contributed by atoms with Crippen molar-refractivity contribution in [2.45, 2.75) is 31.7 Å². The minimum Gasteiger partial charge on any atom is -0.314 e. The number of hydrogen-bond acceptors (Lipinski definition) is 2. The van der Waals surface area contributed by atoms with Gasteiger partial charge in [-0.25, -0.2) is 0 Å². The van der Waals surface area contributed by atoms with Crippen molar-refractivity contribution in [2.75, 3.05) is 6.54 Å². The third-order valence-electron chi connectivity index (χ3n) is 2.64. The third kappa shape index (κ3) is 3.28. The number of halogens is 1. The van der Waals surface area contributed by atoms with Crippen LogP contribution in [-0.4, -0.2) is 17.6 Å². The summed E-state index contributed by atoms with van der Waals surface area (Å²) in [5, 5.41) is 3.55. The van der Waals surface area contributed by atoms with Crippen LogP contribution >= 0.6 is 12.4 Å². The molecule has 0 amide bonds. The summed E-state index contributed by atoms with van der Waals surface area (Å²) in [6.45, 7) is 1.19. The molecule has 1 atom stereocenters. The van der Waals surface area contributed by atoms with Gasteiger partial charge >= 0.3 is 0 Å². The highest BCUT2D eigenvalue weighted by Gasteiger charge is 2.12. The van der Waals surface area contributed by atoms with Crippen molar-refractivity contribution in [3.8, 4) is 0 Å². The van der Waals surface area contributed by atoms with E-state index >= 15 is 0 Å². The zero-order chi connectivity index (χ0) is 8.93. The first-order valence-corrected chi connectivity index (χ1v) is 5.07. The van der Waals surface area contributed by atoms with Crippen LogP contribution in [0.1, 0.15) is 24.8 Å². The average Bonchev–Trinajstić information content (AvgIpc) is 2.21. The maximum atomic E-state index is 4.02. The molecule has 1 N–H and O–H groups in total. The van der Waals surface area contributed by atoms with Crippen LogP contribution in [0.25, 0.3) is 0 Å². The van der Waals surface area contributed by atoms with E-state index in [0.29, 0.717) is 6.04 Å². The second-order valence-corrected chi connectivity index (χ2v) is 3.71. The molecule has 1 aliphatic heterocycles. The van der Waals surface area contributed by atoms with E-state index < -0.39 is 0 Å². The fourth-order valence-electron chi connectivity index (χ4n) is 1.90. The van der Waals surface area contributed by atoms with E-state index in [1.54, 1.807) is 0 Å². The Labute approximate surface area is 91.5 Å². The van der Waals surface area contributed by atoms with Crippen molar-refractivity contribution >= 4 is 12.4 Å². The van der Waals surface area contributed by atoms with Gasteiger partial charge in [-0.2, -0.15) is 0 Å². The summed E-state index contributed by atoms with van der Waals surface area (Å²) >= 11 is 0. The highest BCUT2D eigenvalue weighted by atomic mass is 35.5. The molecule has 0 bridgehead atoms. The van der Waals surface area contributed by atoms with Crippen LogP contribution in [0.15, 0.2) is 24.5 Å². The van der Waals surface area contributed by atoms with Crippen LogP contribution in [0, 0.1) is 0 Å². The van der Waals surface area contributed by atoms with Crippen LogP contribution in [0.4, 0.5) is 0 Å². The molecule has 0 aromatic carbocycles. The Kier molecular flexibility index (Phi) is 4.91. The van der Waals surface area contributed by atoms with Crippen molar-refractivity contribution in [3.05, 3.63) is 30.1 Å². The number of hydrogen-bond donors (Lipinski definition) is 1. The second-order valence-electron chi connectivity index (χ2n) is 3.71. The van der Waals surface area contributed by atoms with Crippen LogP contribution in [0.2, 0.25) is 0 Å². The first-order chi connectivity index (χ1) is 6.45. The number of piperidine rings is 1. The molecule has 0 spiro atoms. The first-order valence-electron chi connectivity index (χ1n) is 5.07. The molecule has 0 aliphatic carbocycles. The van der Waals surface area contributed by atoms with Gasteiger partial charge in [0.25, 0.3) is 0 Å². The molecule has 2 heterocycles. The lowest BCUT2D eigenvalue weighted by Crippen LogP contribution is -2.35. The molecule has 0 radical (unpaired) electrons. The van der Waals surface area contributed by atoms with Gasteiger partial charge in [-0.1, -0.05) is 6.42 Å². The SMILES string of the molecule is Cl.c1cc(CC2CCCCN2)ccn1. The van der Waals surface area contributed by atoms with Gasteiger partial charge in [-0.3, -0.25) is 4.98 Å². The van der Waals surface area contributed by atoms with E-state index in [0.717, 1.165) is 6.42 Å². The molecule has 1 unspecified atom stereocenters. The van der Waals surface area contributed by atoms with Crippen molar-refractivity contribution in [1.29, 1.82) is 0 Å². The summed E-state index contributed by atoms with van der Waals surface area (Å²) in [6, 6.07) is 4.91. The fraction of sp³-hybridized carbons (Fsp3) is 0.545. The van der Waals surface area contributed by atoms with Gasteiger partial charge in [0.2, 0.25) is 0 Å². The highest BCUT2D eigenvalue weighted by molar-refractivity contribution is 5.85. The quantitative estimate of drug-likeness (QED) is 0.813. The van der Waals surface area contributed by atoms with Gasteiger partial charge in [-0.05, 0) is 43.5 Å². The monoisotopic (exact) mass is 212 g/mol.